The first-order valence-corrected chi connectivity index (χ1v) is 9.94. The van der Waals surface area contributed by atoms with Crippen LogP contribution < -0.4 is 0 Å². The highest BCUT2D eigenvalue weighted by Gasteiger charge is 2.24. The van der Waals surface area contributed by atoms with Gasteiger partial charge in [0.05, 0.1) is 6.10 Å². The summed E-state index contributed by atoms with van der Waals surface area (Å²) in [6.07, 6.45) is 4.40. The average molecular weight is 359 g/mol. The van der Waals surface area contributed by atoms with Crippen molar-refractivity contribution in [1.29, 1.82) is 0 Å². The maximum Gasteiger partial charge on any atom is 0.248 e. The van der Waals surface area contributed by atoms with Crippen molar-refractivity contribution in [2.24, 2.45) is 0 Å². The molecule has 1 amide bonds. The van der Waals surface area contributed by atoms with Gasteiger partial charge in [0.25, 0.3) is 0 Å². The predicted octanol–water partition coefficient (Wildman–Crippen LogP) is 2.57. The molecular weight excluding hydrogens is 334 g/mol. The molecule has 5 nitrogen and oxygen atoms in total. The van der Waals surface area contributed by atoms with Crippen LogP contribution in [0.3, 0.4) is 0 Å². The van der Waals surface area contributed by atoms with E-state index in [1.807, 2.05) is 4.90 Å². The van der Waals surface area contributed by atoms with E-state index in [9.17, 15) is 4.79 Å². The summed E-state index contributed by atoms with van der Waals surface area (Å²) in [5, 5.41) is 2.12. The smallest absolute Gasteiger partial charge is 0.248 e. The molecule has 0 bridgehead atoms. The van der Waals surface area contributed by atoms with E-state index >= 15 is 0 Å². The van der Waals surface area contributed by atoms with E-state index in [0.717, 1.165) is 52.1 Å². The number of amides is 1. The number of carbonyl (C=O) groups excluding carboxylic acids is 1. The van der Waals surface area contributed by atoms with Crippen LogP contribution in [0.1, 0.15) is 23.4 Å². The molecule has 4 heterocycles. The summed E-state index contributed by atoms with van der Waals surface area (Å²) in [4.78, 5) is 18.0. The Morgan fingerprint density at radius 3 is 2.88 bits per heavy atom. The molecule has 1 atom stereocenters. The van der Waals surface area contributed by atoms with Crippen molar-refractivity contribution in [2.75, 3.05) is 26.2 Å². The fraction of sp³-hybridized carbons (Fsp3) is 0.526. The number of hydrogen-bond donors (Lipinski definition) is 0. The molecule has 1 fully saturated rings. The number of rotatable bonds is 5. The van der Waals surface area contributed by atoms with Crippen molar-refractivity contribution in [1.82, 2.24) is 14.4 Å². The third-order valence-electron chi connectivity index (χ3n) is 5.03. The van der Waals surface area contributed by atoms with Crippen LogP contribution in [-0.2, 0) is 29.2 Å². The first-order valence-electron chi connectivity index (χ1n) is 9.06. The highest BCUT2D eigenvalue weighted by molar-refractivity contribution is 7.09. The number of thiophene rings is 1. The molecule has 4 rings (SSSR count). The summed E-state index contributed by atoms with van der Waals surface area (Å²) in [5.74, 6) is 0.138. The topological polar surface area (TPSA) is 37.7 Å². The Morgan fingerprint density at radius 2 is 2.08 bits per heavy atom. The molecule has 1 saturated heterocycles. The van der Waals surface area contributed by atoms with E-state index in [1.54, 1.807) is 11.3 Å². The Balaban J connectivity index is 1.40. The van der Waals surface area contributed by atoms with Gasteiger partial charge in [-0.3, -0.25) is 9.69 Å². The lowest BCUT2D eigenvalue weighted by Gasteiger charge is -2.24. The van der Waals surface area contributed by atoms with Gasteiger partial charge in [-0.2, -0.15) is 0 Å². The van der Waals surface area contributed by atoms with Gasteiger partial charge in [0, 0.05) is 56.0 Å². The maximum absolute atomic E-state index is 12.3. The monoisotopic (exact) mass is 359 g/mol. The number of likely N-dealkylation sites (tertiary alicyclic amines) is 1. The van der Waals surface area contributed by atoms with E-state index in [1.165, 1.54) is 10.6 Å². The number of hydrogen-bond acceptors (Lipinski definition) is 4. The van der Waals surface area contributed by atoms with Crippen LogP contribution in [0.5, 0.6) is 0 Å². The molecule has 0 radical (unpaired) electrons. The van der Waals surface area contributed by atoms with Crippen LogP contribution in [0.25, 0.3) is 0 Å². The van der Waals surface area contributed by atoms with Gasteiger partial charge in [0.15, 0.2) is 0 Å². The van der Waals surface area contributed by atoms with Crippen LogP contribution in [0.4, 0.5) is 0 Å². The molecular formula is C19H25N3O2S. The van der Waals surface area contributed by atoms with Gasteiger partial charge < -0.3 is 14.2 Å². The first-order chi connectivity index (χ1) is 12.3. The third-order valence-corrected chi connectivity index (χ3v) is 5.89. The van der Waals surface area contributed by atoms with Gasteiger partial charge in [-0.15, -0.1) is 11.3 Å². The summed E-state index contributed by atoms with van der Waals surface area (Å²) in [5.41, 5.74) is 1.31. The molecule has 2 aliphatic rings. The standard InChI is InChI=1S/C19H25N3O2S/c23-19(21-7-1-2-8-21)15-24-17-12-20(14-18-6-4-10-25-18)11-16-5-3-9-22(16)13-17/h3-6,9-10,17H,1-2,7-8,11-15H2. The fourth-order valence-electron chi connectivity index (χ4n) is 3.73. The van der Waals surface area contributed by atoms with Crippen molar-refractivity contribution in [3.63, 3.8) is 0 Å². The van der Waals surface area contributed by atoms with E-state index in [-0.39, 0.29) is 18.6 Å². The Hall–Kier alpha value is -1.63. The highest BCUT2D eigenvalue weighted by atomic mass is 32.1. The predicted molar refractivity (Wildman–Crippen MR) is 98.4 cm³/mol. The summed E-state index contributed by atoms with van der Waals surface area (Å²) in [7, 11) is 0. The molecule has 2 aliphatic heterocycles. The minimum absolute atomic E-state index is 0.0418. The molecule has 0 N–H and O–H groups in total. The number of fused-ring (bicyclic) bond motifs is 1. The Kier molecular flexibility index (Phi) is 5.20. The van der Waals surface area contributed by atoms with Crippen LogP contribution in [0.15, 0.2) is 35.8 Å². The van der Waals surface area contributed by atoms with Gasteiger partial charge in [-0.05, 0) is 36.4 Å². The quantitative estimate of drug-likeness (QED) is 0.823. The summed E-state index contributed by atoms with van der Waals surface area (Å²) in [6, 6.07) is 8.56. The molecule has 0 spiro atoms. The Labute approximate surface area is 152 Å². The number of carbonyl (C=O) groups is 1. The summed E-state index contributed by atoms with van der Waals surface area (Å²) >= 11 is 1.79. The lowest BCUT2D eigenvalue weighted by atomic mass is 10.3. The summed E-state index contributed by atoms with van der Waals surface area (Å²) < 4.78 is 8.33. The minimum Gasteiger partial charge on any atom is -0.365 e. The minimum atomic E-state index is 0.0418. The molecule has 25 heavy (non-hydrogen) atoms. The molecule has 0 aromatic carbocycles. The van der Waals surface area contributed by atoms with E-state index in [2.05, 4.69) is 45.3 Å². The molecule has 2 aromatic heterocycles. The normalized spacial score (nSPS) is 21.3. The first kappa shape index (κ1) is 16.8. The molecule has 0 saturated carbocycles. The van der Waals surface area contributed by atoms with E-state index in [0.29, 0.717) is 0 Å². The van der Waals surface area contributed by atoms with Crippen molar-refractivity contribution in [3.8, 4) is 0 Å². The van der Waals surface area contributed by atoms with Crippen LogP contribution in [-0.4, -0.2) is 52.6 Å². The third kappa shape index (κ3) is 4.14. The zero-order chi connectivity index (χ0) is 17.1. The second kappa shape index (κ2) is 7.72. The van der Waals surface area contributed by atoms with Crippen LogP contribution in [0, 0.1) is 0 Å². The fourth-order valence-corrected chi connectivity index (χ4v) is 4.47. The lowest BCUT2D eigenvalue weighted by molar-refractivity contribution is -0.137. The second-order valence-corrected chi connectivity index (χ2v) is 7.95. The molecule has 2 aromatic rings. The Bertz CT molecular complexity index is 691. The van der Waals surface area contributed by atoms with Gasteiger partial charge in [-0.1, -0.05) is 6.07 Å². The van der Waals surface area contributed by atoms with Gasteiger partial charge in [0.1, 0.15) is 6.61 Å². The van der Waals surface area contributed by atoms with E-state index < -0.39 is 0 Å². The maximum atomic E-state index is 12.3. The molecule has 134 valence electrons. The Morgan fingerprint density at radius 1 is 1.20 bits per heavy atom. The molecule has 1 unspecified atom stereocenters. The largest absolute Gasteiger partial charge is 0.365 e. The van der Waals surface area contributed by atoms with Crippen molar-refractivity contribution in [2.45, 2.75) is 38.6 Å². The van der Waals surface area contributed by atoms with Gasteiger partial charge in [0.2, 0.25) is 5.91 Å². The zero-order valence-electron chi connectivity index (χ0n) is 14.5. The average Bonchev–Trinajstić information content (AvgIpc) is 3.35. The van der Waals surface area contributed by atoms with E-state index in [4.69, 9.17) is 4.74 Å². The van der Waals surface area contributed by atoms with Crippen molar-refractivity contribution in [3.05, 3.63) is 46.4 Å². The molecule has 0 aliphatic carbocycles. The summed E-state index contributed by atoms with van der Waals surface area (Å²) in [6.45, 7) is 5.50. The SMILES string of the molecule is O=C(COC1CN(Cc2cccs2)Cc2cccn2C1)N1CCCC1. The lowest BCUT2D eigenvalue weighted by Crippen LogP contribution is -2.37. The van der Waals surface area contributed by atoms with Gasteiger partial charge >= 0.3 is 0 Å². The molecule has 6 heteroatoms. The van der Waals surface area contributed by atoms with Crippen LogP contribution >= 0.6 is 11.3 Å². The number of ether oxygens (including phenoxy) is 1. The zero-order valence-corrected chi connectivity index (χ0v) is 15.3. The number of aromatic nitrogens is 1. The van der Waals surface area contributed by atoms with Gasteiger partial charge in [-0.25, -0.2) is 0 Å². The van der Waals surface area contributed by atoms with Crippen LogP contribution in [0.2, 0.25) is 0 Å². The second-order valence-electron chi connectivity index (χ2n) is 6.92. The highest BCUT2D eigenvalue weighted by Crippen LogP contribution is 2.20. The van der Waals surface area contributed by atoms with Crippen molar-refractivity contribution < 1.29 is 9.53 Å². The van der Waals surface area contributed by atoms with Crippen molar-refractivity contribution >= 4 is 17.2 Å². The number of nitrogens with zero attached hydrogens (tertiary/aromatic N) is 3.